The van der Waals surface area contributed by atoms with E-state index in [1.54, 1.807) is 0 Å². The lowest BCUT2D eigenvalue weighted by Crippen LogP contribution is -2.52. The maximum atomic E-state index is 12.8. The Labute approximate surface area is 144 Å². The summed E-state index contributed by atoms with van der Waals surface area (Å²) in [5.41, 5.74) is -0.0255. The second-order valence-corrected chi connectivity index (χ2v) is 9.14. The molecule has 2 N–H and O–H groups in total. The first-order valence-electron chi connectivity index (χ1n) is 9.80. The molecule has 8 unspecified atom stereocenters. The summed E-state index contributed by atoms with van der Waals surface area (Å²) in [6.07, 6.45) is 6.92. The van der Waals surface area contributed by atoms with E-state index < -0.39 is 0 Å². The summed E-state index contributed by atoms with van der Waals surface area (Å²) in [5.74, 6) is 2.35. The Hall–Kier alpha value is -0.740. The highest BCUT2D eigenvalue weighted by Gasteiger charge is 2.59. The summed E-state index contributed by atoms with van der Waals surface area (Å²) in [4.78, 5) is 25.0. The second kappa shape index (κ2) is 5.91. The van der Waals surface area contributed by atoms with Gasteiger partial charge < -0.3 is 10.2 Å². The molecule has 8 atom stereocenters. The van der Waals surface area contributed by atoms with Crippen molar-refractivity contribution in [2.45, 2.75) is 64.4 Å². The zero-order valence-corrected chi connectivity index (χ0v) is 14.6. The van der Waals surface area contributed by atoms with Crippen LogP contribution in [0.3, 0.4) is 0 Å². The number of aliphatic hydroxyl groups is 2. The van der Waals surface area contributed by atoms with E-state index in [0.29, 0.717) is 42.3 Å². The minimum absolute atomic E-state index is 0.000693. The average molecular weight is 334 g/mol. The van der Waals surface area contributed by atoms with Crippen LogP contribution in [0.2, 0.25) is 0 Å². The lowest BCUT2D eigenvalue weighted by Gasteiger charge is -2.55. The monoisotopic (exact) mass is 334 g/mol. The molecule has 0 amide bonds. The van der Waals surface area contributed by atoms with Crippen LogP contribution in [0.5, 0.6) is 0 Å². The number of ketones is 2. The van der Waals surface area contributed by atoms with Crippen LogP contribution in [0.4, 0.5) is 0 Å². The van der Waals surface area contributed by atoms with Gasteiger partial charge in [-0.1, -0.05) is 6.92 Å². The topological polar surface area (TPSA) is 74.6 Å². The number of carbonyl (C=O) groups excluding carboxylic acids is 2. The summed E-state index contributed by atoms with van der Waals surface area (Å²) in [6.45, 7) is 1.89. The number of hydrogen-bond acceptors (Lipinski definition) is 4. The van der Waals surface area contributed by atoms with Gasteiger partial charge in [0.25, 0.3) is 0 Å². The minimum Gasteiger partial charge on any atom is -0.393 e. The molecule has 24 heavy (non-hydrogen) atoms. The molecule has 0 aromatic carbocycles. The fourth-order valence-electron chi connectivity index (χ4n) is 7.22. The van der Waals surface area contributed by atoms with Crippen LogP contribution in [-0.2, 0) is 9.59 Å². The van der Waals surface area contributed by atoms with Crippen LogP contribution in [0.25, 0.3) is 0 Å². The van der Waals surface area contributed by atoms with Gasteiger partial charge in [-0.3, -0.25) is 9.59 Å². The van der Waals surface area contributed by atoms with E-state index in [4.69, 9.17) is 0 Å². The third kappa shape index (κ3) is 2.33. The first-order chi connectivity index (χ1) is 11.5. The van der Waals surface area contributed by atoms with Crippen molar-refractivity contribution >= 4 is 11.6 Å². The maximum Gasteiger partial charge on any atom is 0.161 e. The normalized spacial score (nSPS) is 50.8. The van der Waals surface area contributed by atoms with Gasteiger partial charge in [-0.25, -0.2) is 0 Å². The molecule has 4 fully saturated rings. The quantitative estimate of drug-likeness (QED) is 0.813. The van der Waals surface area contributed by atoms with Gasteiger partial charge in [0.15, 0.2) is 5.78 Å². The van der Waals surface area contributed by atoms with Crippen molar-refractivity contribution in [2.24, 2.45) is 40.9 Å². The smallest absolute Gasteiger partial charge is 0.161 e. The Bertz CT molecular complexity index is 544. The highest BCUT2D eigenvalue weighted by molar-refractivity contribution is 5.84. The number of hydrogen-bond donors (Lipinski definition) is 2. The molecule has 134 valence electrons. The van der Waals surface area contributed by atoms with Gasteiger partial charge in [-0.2, -0.15) is 0 Å². The molecule has 4 aliphatic carbocycles. The molecule has 4 saturated carbocycles. The summed E-state index contributed by atoms with van der Waals surface area (Å²) < 4.78 is 0. The number of aliphatic hydroxyl groups excluding tert-OH is 2. The second-order valence-electron chi connectivity index (χ2n) is 9.14. The third-order valence-electron chi connectivity index (χ3n) is 8.31. The highest BCUT2D eigenvalue weighted by Crippen LogP contribution is 2.63. The van der Waals surface area contributed by atoms with E-state index in [9.17, 15) is 19.8 Å². The van der Waals surface area contributed by atoms with Crippen LogP contribution in [0.15, 0.2) is 0 Å². The standard InChI is InChI=1S/C20H30O4/c1-20-7-6-13-12-3-2-11(22)8-15(12)18(23)9-14(13)16(20)4-5-17(20)19(24)10-21/h11-17,21-22H,2-10H2,1H3. The van der Waals surface area contributed by atoms with Crippen molar-refractivity contribution in [1.29, 1.82) is 0 Å². The van der Waals surface area contributed by atoms with Crippen molar-refractivity contribution in [1.82, 2.24) is 0 Å². The van der Waals surface area contributed by atoms with Crippen molar-refractivity contribution in [3.8, 4) is 0 Å². The van der Waals surface area contributed by atoms with Gasteiger partial charge >= 0.3 is 0 Å². The molecule has 0 aromatic rings. The zero-order valence-electron chi connectivity index (χ0n) is 14.6. The fraction of sp³-hybridized carbons (Fsp3) is 0.900. The van der Waals surface area contributed by atoms with Gasteiger partial charge in [0.1, 0.15) is 12.4 Å². The van der Waals surface area contributed by atoms with Crippen LogP contribution < -0.4 is 0 Å². The summed E-state index contributed by atoms with van der Waals surface area (Å²) in [7, 11) is 0. The SMILES string of the molecule is CC12CCC3C4CCC(O)CC4C(=O)CC3C1CCC2C(=O)CO. The number of carbonyl (C=O) groups is 2. The van der Waals surface area contributed by atoms with Crippen LogP contribution in [0.1, 0.15) is 58.3 Å². The van der Waals surface area contributed by atoms with E-state index in [0.717, 1.165) is 38.5 Å². The molecule has 4 aliphatic rings. The number of fused-ring (bicyclic) bond motifs is 5. The average Bonchev–Trinajstić information content (AvgIpc) is 2.92. The molecule has 0 bridgehead atoms. The van der Waals surface area contributed by atoms with Gasteiger partial charge in [0, 0.05) is 18.3 Å². The molecule has 4 nitrogen and oxygen atoms in total. The number of Topliss-reactive ketones (excluding diaryl/α,β-unsaturated/α-hetero) is 2. The van der Waals surface area contributed by atoms with E-state index >= 15 is 0 Å². The molecule has 0 spiro atoms. The van der Waals surface area contributed by atoms with Gasteiger partial charge in [-0.05, 0) is 74.0 Å². The Morgan fingerprint density at radius 1 is 1.12 bits per heavy atom. The summed E-state index contributed by atoms with van der Waals surface area (Å²) in [5, 5.41) is 19.3. The molecule has 0 heterocycles. The molecule has 0 aromatic heterocycles. The minimum atomic E-state index is -0.345. The van der Waals surface area contributed by atoms with Crippen molar-refractivity contribution in [3.05, 3.63) is 0 Å². The van der Waals surface area contributed by atoms with Crippen molar-refractivity contribution < 1.29 is 19.8 Å². The predicted octanol–water partition coefficient (Wildman–Crippen LogP) is 2.36. The fourth-order valence-corrected chi connectivity index (χ4v) is 7.22. The third-order valence-corrected chi connectivity index (χ3v) is 8.31. The summed E-state index contributed by atoms with van der Waals surface area (Å²) in [6, 6.07) is 0. The lowest BCUT2D eigenvalue weighted by molar-refractivity contribution is -0.145. The molecular weight excluding hydrogens is 304 g/mol. The van der Waals surface area contributed by atoms with E-state index in [-0.39, 0.29) is 35.7 Å². The van der Waals surface area contributed by atoms with Crippen molar-refractivity contribution in [3.63, 3.8) is 0 Å². The first kappa shape index (κ1) is 16.7. The van der Waals surface area contributed by atoms with Gasteiger partial charge in [0.05, 0.1) is 6.10 Å². The molecule has 0 radical (unpaired) electrons. The van der Waals surface area contributed by atoms with E-state index in [2.05, 4.69) is 6.92 Å². The van der Waals surface area contributed by atoms with E-state index in [1.165, 1.54) is 0 Å². The Morgan fingerprint density at radius 2 is 1.92 bits per heavy atom. The van der Waals surface area contributed by atoms with E-state index in [1.807, 2.05) is 0 Å². The van der Waals surface area contributed by atoms with Crippen molar-refractivity contribution in [2.75, 3.05) is 6.61 Å². The van der Waals surface area contributed by atoms with Crippen LogP contribution in [0, 0.1) is 40.9 Å². The Morgan fingerprint density at radius 3 is 2.67 bits per heavy atom. The summed E-state index contributed by atoms with van der Waals surface area (Å²) >= 11 is 0. The molecule has 4 rings (SSSR count). The molecule has 0 saturated heterocycles. The number of rotatable bonds is 2. The zero-order chi connectivity index (χ0) is 17.1. The maximum absolute atomic E-state index is 12.8. The lowest BCUT2D eigenvalue weighted by atomic mass is 9.49. The Balaban J connectivity index is 1.60. The van der Waals surface area contributed by atoms with Crippen LogP contribution in [-0.4, -0.2) is 34.5 Å². The van der Waals surface area contributed by atoms with Gasteiger partial charge in [0.2, 0.25) is 0 Å². The Kier molecular flexibility index (Phi) is 4.12. The van der Waals surface area contributed by atoms with Gasteiger partial charge in [-0.15, -0.1) is 0 Å². The first-order valence-corrected chi connectivity index (χ1v) is 9.80. The highest BCUT2D eigenvalue weighted by atomic mass is 16.3. The molecule has 4 heteroatoms. The predicted molar refractivity (Wildman–Crippen MR) is 89.1 cm³/mol. The van der Waals surface area contributed by atoms with Crippen LogP contribution >= 0.6 is 0 Å². The largest absolute Gasteiger partial charge is 0.393 e. The molecular formula is C20H30O4. The molecule has 0 aliphatic heterocycles.